The Morgan fingerprint density at radius 2 is 0.407 bits per heavy atom. The highest BCUT2D eigenvalue weighted by molar-refractivity contribution is 6.25. The molecule has 0 fully saturated rings. The molecule has 12 rings (SSSR count). The van der Waals surface area contributed by atoms with E-state index in [9.17, 15) is 0 Å². The quantitative estimate of drug-likeness (QED) is 0.140. The number of hydrogen-bond donors (Lipinski definition) is 0. The van der Waals surface area contributed by atoms with Crippen LogP contribution in [0.5, 0.6) is 0 Å². The summed E-state index contributed by atoms with van der Waals surface area (Å²) in [4.78, 5) is 0. The van der Waals surface area contributed by atoms with Gasteiger partial charge in [0.25, 0.3) is 0 Å². The minimum Gasteiger partial charge on any atom is -0.0917 e. The summed E-state index contributed by atoms with van der Waals surface area (Å²) in [5.74, 6) is 0. The summed E-state index contributed by atoms with van der Waals surface area (Å²) in [7, 11) is 0. The lowest BCUT2D eigenvalue weighted by Crippen LogP contribution is -2.03. The Hall–Kier alpha value is -7.02. The van der Waals surface area contributed by atoms with Crippen molar-refractivity contribution in [1.82, 2.24) is 0 Å². The molecule has 12 aromatic carbocycles. The van der Waals surface area contributed by atoms with E-state index in [0.29, 0.717) is 0 Å². The Bertz CT molecular complexity index is 3350. The largest absolute Gasteiger partial charge is 0.0917 e. The van der Waals surface area contributed by atoms with Crippen LogP contribution in [0, 0.1) is 0 Å². The van der Waals surface area contributed by atoms with Crippen LogP contribution < -0.4 is 31.3 Å². The van der Waals surface area contributed by atoms with Gasteiger partial charge in [-0.3, -0.25) is 0 Å². The van der Waals surface area contributed by atoms with Crippen LogP contribution in [0.25, 0.3) is 136 Å². The van der Waals surface area contributed by atoms with Crippen molar-refractivity contribution in [3.63, 3.8) is 0 Å². The molecule has 54 heavy (non-hydrogen) atoms. The number of benzene rings is 12. The third kappa shape index (κ3) is 4.78. The molecule has 0 N–H and O–H groups in total. The van der Waals surface area contributed by atoms with Gasteiger partial charge in [0.05, 0.1) is 0 Å². The number of rotatable bonds is 0. The second-order valence-corrected chi connectivity index (χ2v) is 14.7. The number of hydrogen-bond acceptors (Lipinski definition) is 0. The van der Waals surface area contributed by atoms with Crippen LogP contribution in [0.15, 0.2) is 146 Å². The molecule has 0 saturated heterocycles. The normalized spacial score (nSPS) is 11.8. The van der Waals surface area contributed by atoms with Gasteiger partial charge in [-0.2, -0.15) is 0 Å². The van der Waals surface area contributed by atoms with Gasteiger partial charge in [-0.05, 0) is 153 Å². The summed E-state index contributed by atoms with van der Waals surface area (Å²) in [6, 6.07) is 51.7. The van der Waals surface area contributed by atoms with Crippen LogP contribution in [0.1, 0.15) is 0 Å². The monoisotopic (exact) mass is 684 g/mol. The minimum atomic E-state index is 1.07. The van der Waals surface area contributed by atoms with Crippen LogP contribution in [-0.4, -0.2) is 0 Å². The highest BCUT2D eigenvalue weighted by atomic mass is 14.1. The predicted molar refractivity (Wildman–Crippen MR) is 241 cm³/mol. The van der Waals surface area contributed by atoms with Gasteiger partial charge >= 0.3 is 0 Å². The van der Waals surface area contributed by atoms with Crippen molar-refractivity contribution in [2.75, 3.05) is 0 Å². The van der Waals surface area contributed by atoms with E-state index in [1.807, 2.05) is 0 Å². The van der Waals surface area contributed by atoms with Gasteiger partial charge in [-0.1, -0.05) is 161 Å². The summed E-state index contributed by atoms with van der Waals surface area (Å²) >= 11 is 0. The van der Waals surface area contributed by atoms with Crippen molar-refractivity contribution >= 4 is 136 Å². The zero-order chi connectivity index (χ0) is 36.8. The maximum Gasteiger partial charge on any atom is -0.00208 e. The van der Waals surface area contributed by atoms with Gasteiger partial charge < -0.3 is 0 Å². The minimum absolute atomic E-state index is 1.07. The summed E-state index contributed by atoms with van der Waals surface area (Å²) < 4.78 is 0. The van der Waals surface area contributed by atoms with E-state index in [1.165, 1.54) is 97.0 Å². The molecule has 0 bridgehead atoms. The van der Waals surface area contributed by atoms with Crippen LogP contribution in [0.4, 0.5) is 0 Å². The van der Waals surface area contributed by atoms with Crippen molar-refractivity contribution in [3.05, 3.63) is 177 Å². The maximum absolute atomic E-state index is 4.13. The Balaban J connectivity index is 0.000000100. The molecule has 0 aliphatic rings. The van der Waals surface area contributed by atoms with Gasteiger partial charge in [0.15, 0.2) is 0 Å². The van der Waals surface area contributed by atoms with Crippen LogP contribution in [0.3, 0.4) is 0 Å². The van der Waals surface area contributed by atoms with Gasteiger partial charge in [-0.15, -0.1) is 0 Å². The molecule has 0 aliphatic carbocycles. The fraction of sp³-hybridized carbons (Fsp3) is 0. The fourth-order valence-electron chi connectivity index (χ4n) is 8.81. The van der Waals surface area contributed by atoms with Gasteiger partial charge in [0.2, 0.25) is 0 Å². The van der Waals surface area contributed by atoms with E-state index < -0.39 is 0 Å². The molecule has 0 aromatic heterocycles. The Labute approximate surface area is 312 Å². The SMILES string of the molecule is C=c1cc2ccc3cc(=C)cc4ccc(c1)c2c34.C=c1ccc2ccc3c(=C)ccc4ccc1c2c43.C=c1ccc2ccc3ccc(=C)c4ccc1c2c34. The third-order valence-corrected chi connectivity index (χ3v) is 11.3. The second-order valence-electron chi connectivity index (χ2n) is 14.7. The first-order valence-electron chi connectivity index (χ1n) is 18.3. The topological polar surface area (TPSA) is 0 Å². The first-order chi connectivity index (χ1) is 26.2. The molecule has 0 saturated carbocycles. The average Bonchev–Trinajstić information content (AvgIpc) is 3.18. The van der Waals surface area contributed by atoms with E-state index in [2.05, 4.69) is 185 Å². The lowest BCUT2D eigenvalue weighted by Gasteiger charge is -2.10. The lowest BCUT2D eigenvalue weighted by molar-refractivity contribution is 1.70. The van der Waals surface area contributed by atoms with Crippen LogP contribution in [0.2, 0.25) is 0 Å². The molecule has 0 nitrogen and oxygen atoms in total. The molecule has 0 unspecified atom stereocenters. The second kappa shape index (κ2) is 11.7. The molecule has 0 spiro atoms. The molecule has 12 aromatic rings. The van der Waals surface area contributed by atoms with E-state index in [1.54, 1.807) is 0 Å². The van der Waals surface area contributed by atoms with Crippen molar-refractivity contribution in [2.45, 2.75) is 0 Å². The van der Waals surface area contributed by atoms with Crippen molar-refractivity contribution in [3.8, 4) is 0 Å². The average molecular weight is 685 g/mol. The summed E-state index contributed by atoms with van der Waals surface area (Å²) in [6.45, 7) is 24.6. The highest BCUT2D eigenvalue weighted by Crippen LogP contribution is 2.34. The summed E-state index contributed by atoms with van der Waals surface area (Å²) in [5, 5.41) is 29.7. The van der Waals surface area contributed by atoms with Crippen molar-refractivity contribution < 1.29 is 0 Å². The first kappa shape index (κ1) is 31.7. The summed E-state index contributed by atoms with van der Waals surface area (Å²) in [6.07, 6.45) is 0. The molecule has 0 aliphatic heterocycles. The van der Waals surface area contributed by atoms with Crippen molar-refractivity contribution in [2.24, 2.45) is 0 Å². The lowest BCUT2D eigenvalue weighted by atomic mass is 9.93. The fourth-order valence-corrected chi connectivity index (χ4v) is 8.81. The predicted octanol–water partition coefficient (Wildman–Crippen LogP) is 10.2. The van der Waals surface area contributed by atoms with E-state index in [-0.39, 0.29) is 0 Å². The zero-order valence-electron chi connectivity index (χ0n) is 30.1. The molecule has 252 valence electrons. The molecule has 0 atom stereocenters. The Morgan fingerprint density at radius 1 is 0.204 bits per heavy atom. The molecular weight excluding hydrogens is 649 g/mol. The summed E-state index contributed by atoms with van der Waals surface area (Å²) in [5.41, 5.74) is 0. The van der Waals surface area contributed by atoms with E-state index >= 15 is 0 Å². The third-order valence-electron chi connectivity index (χ3n) is 11.3. The highest BCUT2D eigenvalue weighted by Gasteiger charge is 2.10. The molecule has 0 heteroatoms. The smallest absolute Gasteiger partial charge is 0.00208 e. The molecular formula is C54H36. The molecule has 0 radical (unpaired) electrons. The Morgan fingerprint density at radius 3 is 0.685 bits per heavy atom. The van der Waals surface area contributed by atoms with E-state index in [0.717, 1.165) is 31.3 Å². The Kier molecular flexibility index (Phi) is 6.90. The molecule has 0 amide bonds. The standard InChI is InChI=1S/3C18H12/c1-11-7-13-3-5-15-9-12(2)10-16-6-4-14(8-11)17(13)18(15)16;1-11-3-5-13-8-10-16-12(2)4-6-14-7-9-15(11)17(13)18(14)16;1-11-3-5-13-7-8-14-6-4-12(2)16-10-9-15(11)17(13)18(14)16/h3*3-10H,1-2H2. The zero-order valence-corrected chi connectivity index (χ0v) is 30.1. The maximum atomic E-state index is 4.13. The van der Waals surface area contributed by atoms with Gasteiger partial charge in [0.1, 0.15) is 0 Å². The van der Waals surface area contributed by atoms with Crippen LogP contribution in [-0.2, 0) is 0 Å². The molecule has 0 heterocycles. The van der Waals surface area contributed by atoms with Crippen molar-refractivity contribution in [1.29, 1.82) is 0 Å². The van der Waals surface area contributed by atoms with Gasteiger partial charge in [-0.25, -0.2) is 0 Å². The van der Waals surface area contributed by atoms with Gasteiger partial charge in [0, 0.05) is 0 Å². The first-order valence-corrected chi connectivity index (χ1v) is 18.3. The van der Waals surface area contributed by atoms with E-state index in [4.69, 9.17) is 0 Å². The van der Waals surface area contributed by atoms with Crippen LogP contribution >= 0.6 is 0 Å².